The largest absolute Gasteiger partial charge is 0.489 e. The normalized spacial score (nSPS) is 11.9. The Morgan fingerprint density at radius 3 is 2.59 bits per heavy atom. The molecule has 0 radical (unpaired) electrons. The zero-order valence-electron chi connectivity index (χ0n) is 15.2. The number of amides is 1. The lowest BCUT2D eigenvalue weighted by Gasteiger charge is -2.15. The summed E-state index contributed by atoms with van der Waals surface area (Å²) in [6.45, 7) is 2.88. The second-order valence-corrected chi connectivity index (χ2v) is 6.35. The number of carbonyl (C=O) groups is 1. The second-order valence-electron chi connectivity index (χ2n) is 6.35. The highest BCUT2D eigenvalue weighted by Gasteiger charge is 2.10. The number of fused-ring (bicyclic) bond motifs is 1. The minimum absolute atomic E-state index is 0.0847. The Bertz CT molecular complexity index is 913. The lowest BCUT2D eigenvalue weighted by Crippen LogP contribution is -2.36. The van der Waals surface area contributed by atoms with Gasteiger partial charge in [-0.25, -0.2) is 4.39 Å². The highest BCUT2D eigenvalue weighted by molar-refractivity contribution is 5.83. The molecule has 4 nitrogen and oxygen atoms in total. The van der Waals surface area contributed by atoms with Crippen LogP contribution in [0.1, 0.15) is 18.5 Å². The standard InChI is InChI=1S/C22H23FN2O2/c1-16(18-11-10-17-6-2-3-7-19(17)14-18)25-22(26)15-24-12-13-27-21-9-5-4-8-20(21)23/h2-11,14,16,24H,12-13,15H2,1H3,(H,25,26)/t16-/m0/s1. The third-order valence-corrected chi connectivity index (χ3v) is 4.31. The first-order valence-corrected chi connectivity index (χ1v) is 8.99. The predicted octanol–water partition coefficient (Wildman–Crippen LogP) is 3.82. The van der Waals surface area contributed by atoms with Gasteiger partial charge in [-0.2, -0.15) is 0 Å². The summed E-state index contributed by atoms with van der Waals surface area (Å²) in [6.07, 6.45) is 0. The highest BCUT2D eigenvalue weighted by atomic mass is 19.1. The summed E-state index contributed by atoms with van der Waals surface area (Å²) < 4.78 is 18.8. The molecule has 27 heavy (non-hydrogen) atoms. The van der Waals surface area contributed by atoms with E-state index >= 15 is 0 Å². The maximum Gasteiger partial charge on any atom is 0.234 e. The van der Waals surface area contributed by atoms with Crippen LogP contribution in [0.5, 0.6) is 5.75 Å². The van der Waals surface area contributed by atoms with Gasteiger partial charge in [0.2, 0.25) is 5.91 Å². The first-order valence-electron chi connectivity index (χ1n) is 8.99. The number of para-hydroxylation sites is 1. The van der Waals surface area contributed by atoms with Gasteiger partial charge in [0.1, 0.15) is 6.61 Å². The Morgan fingerprint density at radius 1 is 1.04 bits per heavy atom. The molecule has 0 aromatic heterocycles. The number of nitrogens with one attached hydrogen (secondary N) is 2. The van der Waals surface area contributed by atoms with Crippen LogP contribution in [0.3, 0.4) is 0 Å². The third kappa shape index (κ3) is 5.28. The smallest absolute Gasteiger partial charge is 0.234 e. The molecule has 0 bridgehead atoms. The molecule has 0 aliphatic rings. The molecule has 3 aromatic carbocycles. The first-order chi connectivity index (χ1) is 13.1. The average Bonchev–Trinajstić information content (AvgIpc) is 2.68. The van der Waals surface area contributed by atoms with E-state index in [-0.39, 0.29) is 36.7 Å². The Labute approximate surface area is 158 Å². The van der Waals surface area contributed by atoms with Crippen LogP contribution < -0.4 is 15.4 Å². The van der Waals surface area contributed by atoms with E-state index in [2.05, 4.69) is 34.9 Å². The fourth-order valence-electron chi connectivity index (χ4n) is 2.85. The summed E-state index contributed by atoms with van der Waals surface area (Å²) in [5.74, 6) is -0.269. The van der Waals surface area contributed by atoms with Crippen molar-refractivity contribution in [2.75, 3.05) is 19.7 Å². The van der Waals surface area contributed by atoms with E-state index in [1.54, 1.807) is 18.2 Å². The summed E-state index contributed by atoms with van der Waals surface area (Å²) in [5.41, 5.74) is 1.06. The number of benzene rings is 3. The van der Waals surface area contributed by atoms with Crippen LogP contribution in [0.25, 0.3) is 10.8 Å². The molecular weight excluding hydrogens is 343 g/mol. The molecule has 140 valence electrons. The fourth-order valence-corrected chi connectivity index (χ4v) is 2.85. The molecule has 3 aromatic rings. The molecule has 0 spiro atoms. The molecule has 5 heteroatoms. The average molecular weight is 366 g/mol. The van der Waals surface area contributed by atoms with Crippen molar-refractivity contribution >= 4 is 16.7 Å². The van der Waals surface area contributed by atoms with Crippen molar-refractivity contribution in [1.29, 1.82) is 0 Å². The van der Waals surface area contributed by atoms with Crippen molar-refractivity contribution in [2.45, 2.75) is 13.0 Å². The van der Waals surface area contributed by atoms with E-state index in [1.165, 1.54) is 11.5 Å². The van der Waals surface area contributed by atoms with Gasteiger partial charge in [0, 0.05) is 6.54 Å². The minimum Gasteiger partial charge on any atom is -0.489 e. The van der Waals surface area contributed by atoms with Crippen molar-refractivity contribution in [2.24, 2.45) is 0 Å². The van der Waals surface area contributed by atoms with Gasteiger partial charge in [-0.3, -0.25) is 4.79 Å². The van der Waals surface area contributed by atoms with Gasteiger partial charge in [0.05, 0.1) is 12.6 Å². The van der Waals surface area contributed by atoms with Gasteiger partial charge < -0.3 is 15.4 Å². The molecular formula is C22H23FN2O2. The summed E-state index contributed by atoms with van der Waals surface area (Å²) in [6, 6.07) is 20.5. The van der Waals surface area contributed by atoms with Crippen LogP contribution in [0.15, 0.2) is 66.7 Å². The van der Waals surface area contributed by atoms with Gasteiger partial charge in [-0.05, 0) is 41.5 Å². The maximum atomic E-state index is 13.4. The summed E-state index contributed by atoms with van der Waals surface area (Å²) in [7, 11) is 0. The first kappa shape index (κ1) is 18.9. The predicted molar refractivity (Wildman–Crippen MR) is 105 cm³/mol. The second kappa shape index (κ2) is 9.14. The third-order valence-electron chi connectivity index (χ3n) is 4.31. The molecule has 2 N–H and O–H groups in total. The molecule has 0 unspecified atom stereocenters. The molecule has 0 fully saturated rings. The van der Waals surface area contributed by atoms with Crippen molar-refractivity contribution in [3.63, 3.8) is 0 Å². The maximum absolute atomic E-state index is 13.4. The van der Waals surface area contributed by atoms with E-state index in [0.29, 0.717) is 6.54 Å². The Hall–Kier alpha value is -2.92. The van der Waals surface area contributed by atoms with E-state index in [9.17, 15) is 9.18 Å². The number of hydrogen-bond donors (Lipinski definition) is 2. The number of halogens is 1. The number of carbonyl (C=O) groups excluding carboxylic acids is 1. The van der Waals surface area contributed by atoms with Crippen LogP contribution in [-0.2, 0) is 4.79 Å². The molecule has 0 aliphatic heterocycles. The van der Waals surface area contributed by atoms with Crippen LogP contribution in [0.2, 0.25) is 0 Å². The minimum atomic E-state index is -0.389. The SMILES string of the molecule is C[C@H](NC(=O)CNCCOc1ccccc1F)c1ccc2ccccc2c1. The molecule has 0 heterocycles. The van der Waals surface area contributed by atoms with Gasteiger partial charge >= 0.3 is 0 Å². The summed E-state index contributed by atoms with van der Waals surface area (Å²) in [5, 5.41) is 8.31. The summed E-state index contributed by atoms with van der Waals surface area (Å²) in [4.78, 5) is 12.1. The monoisotopic (exact) mass is 366 g/mol. The number of hydrogen-bond acceptors (Lipinski definition) is 3. The van der Waals surface area contributed by atoms with Gasteiger partial charge in [0.25, 0.3) is 0 Å². The van der Waals surface area contributed by atoms with Crippen molar-refractivity contribution in [1.82, 2.24) is 10.6 Å². The molecule has 3 rings (SSSR count). The molecule has 0 saturated heterocycles. The van der Waals surface area contributed by atoms with Crippen LogP contribution in [0.4, 0.5) is 4.39 Å². The van der Waals surface area contributed by atoms with Gasteiger partial charge in [-0.15, -0.1) is 0 Å². The molecule has 1 atom stereocenters. The van der Waals surface area contributed by atoms with Crippen LogP contribution >= 0.6 is 0 Å². The topological polar surface area (TPSA) is 50.4 Å². The number of ether oxygens (including phenoxy) is 1. The highest BCUT2D eigenvalue weighted by Crippen LogP contribution is 2.20. The van der Waals surface area contributed by atoms with Gasteiger partial charge in [0.15, 0.2) is 11.6 Å². The van der Waals surface area contributed by atoms with Crippen LogP contribution in [0, 0.1) is 5.82 Å². The molecule has 1 amide bonds. The Morgan fingerprint density at radius 2 is 1.78 bits per heavy atom. The fraction of sp³-hybridized carbons (Fsp3) is 0.227. The lowest BCUT2D eigenvalue weighted by atomic mass is 10.0. The summed E-state index contributed by atoms with van der Waals surface area (Å²) >= 11 is 0. The quantitative estimate of drug-likeness (QED) is 0.596. The van der Waals surface area contributed by atoms with Crippen molar-refractivity contribution in [3.05, 3.63) is 78.1 Å². The number of rotatable bonds is 8. The zero-order valence-corrected chi connectivity index (χ0v) is 15.2. The molecule has 0 aliphatic carbocycles. The van der Waals surface area contributed by atoms with Crippen LogP contribution in [-0.4, -0.2) is 25.6 Å². The van der Waals surface area contributed by atoms with E-state index in [4.69, 9.17) is 4.74 Å². The van der Waals surface area contributed by atoms with E-state index in [0.717, 1.165) is 10.9 Å². The van der Waals surface area contributed by atoms with E-state index < -0.39 is 0 Å². The van der Waals surface area contributed by atoms with Gasteiger partial charge in [-0.1, -0.05) is 48.5 Å². The van der Waals surface area contributed by atoms with Crippen molar-refractivity contribution in [3.8, 4) is 5.75 Å². The Kier molecular flexibility index (Phi) is 6.39. The van der Waals surface area contributed by atoms with E-state index in [1.807, 2.05) is 25.1 Å². The van der Waals surface area contributed by atoms with Crippen molar-refractivity contribution < 1.29 is 13.9 Å². The Balaban J connectivity index is 1.41. The zero-order chi connectivity index (χ0) is 19.1. The lowest BCUT2D eigenvalue weighted by molar-refractivity contribution is -0.120. The molecule has 0 saturated carbocycles.